The summed E-state index contributed by atoms with van der Waals surface area (Å²) in [6, 6.07) is 0.678. The van der Waals surface area contributed by atoms with Crippen molar-refractivity contribution in [2.45, 2.75) is 37.8 Å². The van der Waals surface area contributed by atoms with E-state index in [1.807, 2.05) is 0 Å². The highest BCUT2D eigenvalue weighted by Gasteiger charge is 2.44. The Bertz CT molecular complexity index is 272. The molecule has 2 aliphatic rings. The van der Waals surface area contributed by atoms with Gasteiger partial charge in [-0.05, 0) is 45.8 Å². The number of piperidine rings is 1. The van der Waals surface area contributed by atoms with Gasteiger partial charge in [0.05, 0.1) is 6.61 Å². The van der Waals surface area contributed by atoms with Crippen LogP contribution in [0.4, 0.5) is 0 Å². The zero-order valence-electron chi connectivity index (χ0n) is 12.2. The molecule has 2 N–H and O–H groups in total. The van der Waals surface area contributed by atoms with Crippen LogP contribution in [0.5, 0.6) is 0 Å². The van der Waals surface area contributed by atoms with Crippen LogP contribution in [-0.2, 0) is 4.74 Å². The van der Waals surface area contributed by atoms with Gasteiger partial charge in [0.15, 0.2) is 0 Å². The van der Waals surface area contributed by atoms with Crippen molar-refractivity contribution in [1.82, 2.24) is 9.80 Å². The molecule has 0 aliphatic carbocycles. The highest BCUT2D eigenvalue weighted by molar-refractivity contribution is 5.00. The molecule has 2 fully saturated rings. The highest BCUT2D eigenvalue weighted by atomic mass is 16.5. The highest BCUT2D eigenvalue weighted by Crippen LogP contribution is 2.34. The predicted molar refractivity (Wildman–Crippen MR) is 74.7 cm³/mol. The maximum Gasteiger partial charge on any atom is 0.0509 e. The molecule has 4 heteroatoms. The first-order chi connectivity index (χ1) is 8.60. The van der Waals surface area contributed by atoms with Crippen molar-refractivity contribution in [3.05, 3.63) is 0 Å². The molecule has 2 heterocycles. The molecule has 0 aromatic rings. The molecule has 0 spiro atoms. The number of likely N-dealkylation sites (N-methyl/N-ethyl adjacent to an activating group) is 1. The van der Waals surface area contributed by atoms with Crippen LogP contribution in [0.15, 0.2) is 0 Å². The summed E-state index contributed by atoms with van der Waals surface area (Å²) in [5.74, 6) is 0.539. The van der Waals surface area contributed by atoms with Gasteiger partial charge in [-0.1, -0.05) is 6.92 Å². The molecular weight excluding hydrogens is 226 g/mol. The topological polar surface area (TPSA) is 41.7 Å². The van der Waals surface area contributed by atoms with Crippen molar-refractivity contribution >= 4 is 0 Å². The van der Waals surface area contributed by atoms with Gasteiger partial charge < -0.3 is 15.4 Å². The second-order valence-electron chi connectivity index (χ2n) is 6.24. The summed E-state index contributed by atoms with van der Waals surface area (Å²) >= 11 is 0. The van der Waals surface area contributed by atoms with E-state index < -0.39 is 0 Å². The van der Waals surface area contributed by atoms with Crippen LogP contribution in [0, 0.1) is 5.92 Å². The molecule has 0 saturated carbocycles. The molecule has 0 amide bonds. The molecule has 2 saturated heterocycles. The lowest BCUT2D eigenvalue weighted by Crippen LogP contribution is -2.64. The Morgan fingerprint density at radius 1 is 1.44 bits per heavy atom. The zero-order chi connectivity index (χ0) is 13.2. The van der Waals surface area contributed by atoms with Gasteiger partial charge in [0.1, 0.15) is 0 Å². The largest absolute Gasteiger partial charge is 0.381 e. The third-order valence-corrected chi connectivity index (χ3v) is 5.07. The zero-order valence-corrected chi connectivity index (χ0v) is 12.2. The average Bonchev–Trinajstić information content (AvgIpc) is 2.40. The van der Waals surface area contributed by atoms with E-state index >= 15 is 0 Å². The Balaban J connectivity index is 2.11. The molecule has 2 rings (SSSR count). The Labute approximate surface area is 111 Å². The van der Waals surface area contributed by atoms with Crippen LogP contribution in [0.25, 0.3) is 0 Å². The number of hydrogen-bond acceptors (Lipinski definition) is 4. The van der Waals surface area contributed by atoms with E-state index in [9.17, 15) is 0 Å². The van der Waals surface area contributed by atoms with Gasteiger partial charge in [0.2, 0.25) is 0 Å². The molecule has 106 valence electrons. The fraction of sp³-hybridized carbons (Fsp3) is 1.00. The van der Waals surface area contributed by atoms with Crippen LogP contribution in [0.1, 0.15) is 26.2 Å². The minimum absolute atomic E-state index is 0.174. The van der Waals surface area contributed by atoms with Crippen molar-refractivity contribution < 1.29 is 4.74 Å². The van der Waals surface area contributed by atoms with Gasteiger partial charge in [0, 0.05) is 31.3 Å². The molecule has 0 radical (unpaired) electrons. The molecular formula is C14H29N3O. The number of hydrogen-bond donors (Lipinski definition) is 1. The van der Waals surface area contributed by atoms with E-state index in [1.165, 1.54) is 19.4 Å². The van der Waals surface area contributed by atoms with Gasteiger partial charge in [-0.3, -0.25) is 4.90 Å². The summed E-state index contributed by atoms with van der Waals surface area (Å²) in [6.45, 7) is 7.15. The second-order valence-corrected chi connectivity index (χ2v) is 6.24. The number of rotatable bonds is 3. The Morgan fingerprint density at radius 3 is 2.83 bits per heavy atom. The van der Waals surface area contributed by atoms with Crippen molar-refractivity contribution in [3.63, 3.8) is 0 Å². The molecule has 18 heavy (non-hydrogen) atoms. The molecule has 2 aliphatic heterocycles. The third kappa shape index (κ3) is 2.57. The van der Waals surface area contributed by atoms with Gasteiger partial charge in [-0.25, -0.2) is 0 Å². The fourth-order valence-corrected chi connectivity index (χ4v) is 3.59. The maximum absolute atomic E-state index is 6.17. The minimum Gasteiger partial charge on any atom is -0.381 e. The summed E-state index contributed by atoms with van der Waals surface area (Å²) in [4.78, 5) is 5.02. The molecule has 0 bridgehead atoms. The number of ether oxygens (including phenoxy) is 1. The Hall–Kier alpha value is -0.160. The van der Waals surface area contributed by atoms with Crippen molar-refractivity contribution in [2.24, 2.45) is 11.7 Å². The molecule has 0 aromatic carbocycles. The standard InChI is InChI=1S/C14H29N3O/c1-12-10-18-8-6-14(12,11-15)17-7-4-5-13(9-17)16(2)3/h12-13H,4-11,15H2,1-3H3. The van der Waals surface area contributed by atoms with Crippen molar-refractivity contribution in [1.29, 1.82) is 0 Å². The van der Waals surface area contributed by atoms with Gasteiger partial charge in [-0.2, -0.15) is 0 Å². The third-order valence-electron chi connectivity index (χ3n) is 5.07. The summed E-state index contributed by atoms with van der Waals surface area (Å²) in [5.41, 5.74) is 6.34. The lowest BCUT2D eigenvalue weighted by Gasteiger charge is -2.53. The van der Waals surface area contributed by atoms with E-state index in [4.69, 9.17) is 10.5 Å². The number of nitrogens with zero attached hydrogens (tertiary/aromatic N) is 2. The van der Waals surface area contributed by atoms with Crippen LogP contribution in [0.2, 0.25) is 0 Å². The Morgan fingerprint density at radius 2 is 2.22 bits per heavy atom. The molecule has 3 atom stereocenters. The SMILES string of the molecule is CC1COCCC1(CN)N1CCCC(N(C)C)C1. The van der Waals surface area contributed by atoms with Gasteiger partial charge >= 0.3 is 0 Å². The quantitative estimate of drug-likeness (QED) is 0.809. The summed E-state index contributed by atoms with van der Waals surface area (Å²) in [7, 11) is 4.38. The minimum atomic E-state index is 0.174. The molecule has 4 nitrogen and oxygen atoms in total. The van der Waals surface area contributed by atoms with E-state index in [-0.39, 0.29) is 5.54 Å². The maximum atomic E-state index is 6.17. The van der Waals surface area contributed by atoms with Crippen molar-refractivity contribution in [3.8, 4) is 0 Å². The lowest BCUT2D eigenvalue weighted by molar-refractivity contribution is -0.0807. The monoisotopic (exact) mass is 255 g/mol. The summed E-state index contributed by atoms with van der Waals surface area (Å²) < 4.78 is 5.61. The first-order valence-electron chi connectivity index (χ1n) is 7.29. The van der Waals surface area contributed by atoms with Gasteiger partial charge in [0.25, 0.3) is 0 Å². The second kappa shape index (κ2) is 5.87. The number of nitrogens with two attached hydrogens (primary N) is 1. The average molecular weight is 255 g/mol. The normalized spacial score (nSPS) is 39.2. The van der Waals surface area contributed by atoms with E-state index in [2.05, 4.69) is 30.8 Å². The summed E-state index contributed by atoms with van der Waals surface area (Å²) in [6.07, 6.45) is 3.69. The van der Waals surface area contributed by atoms with E-state index in [0.29, 0.717) is 12.0 Å². The van der Waals surface area contributed by atoms with Crippen LogP contribution in [0.3, 0.4) is 0 Å². The van der Waals surface area contributed by atoms with E-state index in [1.54, 1.807) is 0 Å². The van der Waals surface area contributed by atoms with Gasteiger partial charge in [-0.15, -0.1) is 0 Å². The lowest BCUT2D eigenvalue weighted by atomic mass is 9.78. The fourth-order valence-electron chi connectivity index (χ4n) is 3.59. The number of likely N-dealkylation sites (tertiary alicyclic amines) is 1. The first kappa shape index (κ1) is 14.3. The van der Waals surface area contributed by atoms with Crippen molar-refractivity contribution in [2.75, 3.05) is 46.9 Å². The molecule has 3 unspecified atom stereocenters. The Kier molecular flexibility index (Phi) is 4.64. The summed E-state index contributed by atoms with van der Waals surface area (Å²) in [5, 5.41) is 0. The van der Waals surface area contributed by atoms with Crippen LogP contribution >= 0.6 is 0 Å². The van der Waals surface area contributed by atoms with Crippen LogP contribution < -0.4 is 5.73 Å². The van der Waals surface area contributed by atoms with E-state index in [0.717, 1.165) is 32.7 Å². The first-order valence-corrected chi connectivity index (χ1v) is 7.29. The predicted octanol–water partition coefficient (Wildman–Crippen LogP) is 0.766. The smallest absolute Gasteiger partial charge is 0.0509 e. The van der Waals surface area contributed by atoms with Crippen LogP contribution in [-0.4, -0.2) is 68.3 Å². The molecule has 0 aromatic heterocycles.